The van der Waals surface area contributed by atoms with Crippen molar-refractivity contribution in [2.24, 2.45) is 0 Å². The van der Waals surface area contributed by atoms with E-state index in [1.54, 1.807) is 0 Å². The Morgan fingerprint density at radius 1 is 1.00 bits per heavy atom. The Labute approximate surface area is 88.7 Å². The Kier molecular flexibility index (Phi) is 1.68. The van der Waals surface area contributed by atoms with Crippen LogP contribution in [-0.4, -0.2) is 0 Å². The first-order valence-corrected chi connectivity index (χ1v) is 5.07. The zero-order chi connectivity index (χ0) is 10.3. The first-order chi connectivity index (χ1) is 7.36. The lowest BCUT2D eigenvalue weighted by Gasteiger charge is -2.22. The van der Waals surface area contributed by atoms with Crippen molar-refractivity contribution in [3.8, 4) is 11.1 Å². The van der Waals surface area contributed by atoms with Crippen LogP contribution >= 0.6 is 0 Å². The summed E-state index contributed by atoms with van der Waals surface area (Å²) >= 11 is 0. The first-order valence-electron chi connectivity index (χ1n) is 5.07. The third-order valence-electron chi connectivity index (χ3n) is 2.85. The monoisotopic (exact) mass is 196 g/mol. The number of rotatable bonds is 0. The van der Waals surface area contributed by atoms with Crippen molar-refractivity contribution in [3.05, 3.63) is 48.0 Å². The molecule has 0 bridgehead atoms. The topological polar surface area (TPSA) is 38.0 Å². The van der Waals surface area contributed by atoms with Crippen molar-refractivity contribution in [1.29, 1.82) is 0 Å². The summed E-state index contributed by atoms with van der Waals surface area (Å²) in [6.45, 7) is 0.882. The second-order valence-electron chi connectivity index (χ2n) is 3.78. The lowest BCUT2D eigenvalue weighted by atomic mass is 9.93. The SMILES string of the molecule is Nc1cccc2c1-c1ccccc1CN2. The van der Waals surface area contributed by atoms with E-state index in [4.69, 9.17) is 5.73 Å². The highest BCUT2D eigenvalue weighted by Gasteiger charge is 2.16. The molecular formula is C13H12N2. The van der Waals surface area contributed by atoms with Crippen LogP contribution < -0.4 is 11.1 Å². The molecule has 74 valence electrons. The lowest BCUT2D eigenvalue weighted by Crippen LogP contribution is -2.09. The second kappa shape index (κ2) is 3.02. The number of nitrogens with one attached hydrogen (secondary N) is 1. The largest absolute Gasteiger partial charge is 0.398 e. The van der Waals surface area contributed by atoms with Crippen LogP contribution in [0, 0.1) is 0 Å². The van der Waals surface area contributed by atoms with E-state index in [0.29, 0.717) is 0 Å². The zero-order valence-electron chi connectivity index (χ0n) is 8.33. The molecule has 2 aromatic rings. The molecule has 3 N–H and O–H groups in total. The average molecular weight is 196 g/mol. The van der Waals surface area contributed by atoms with Gasteiger partial charge in [-0.2, -0.15) is 0 Å². The van der Waals surface area contributed by atoms with Crippen molar-refractivity contribution >= 4 is 11.4 Å². The summed E-state index contributed by atoms with van der Waals surface area (Å²) in [5.74, 6) is 0. The summed E-state index contributed by atoms with van der Waals surface area (Å²) in [6, 6.07) is 14.4. The van der Waals surface area contributed by atoms with E-state index >= 15 is 0 Å². The number of fused-ring (bicyclic) bond motifs is 3. The Bertz CT molecular complexity index is 518. The molecule has 0 atom stereocenters. The standard InChI is InChI=1S/C13H12N2/c14-11-6-3-7-12-13(11)10-5-2-1-4-9(10)8-15-12/h1-7,15H,8,14H2. The highest BCUT2D eigenvalue weighted by Crippen LogP contribution is 2.38. The minimum Gasteiger partial charge on any atom is -0.398 e. The third kappa shape index (κ3) is 1.18. The van der Waals surface area contributed by atoms with Crippen LogP contribution in [0.3, 0.4) is 0 Å². The fourth-order valence-corrected chi connectivity index (χ4v) is 2.13. The molecule has 2 aromatic carbocycles. The van der Waals surface area contributed by atoms with Gasteiger partial charge >= 0.3 is 0 Å². The molecule has 0 aliphatic carbocycles. The van der Waals surface area contributed by atoms with Gasteiger partial charge in [-0.15, -0.1) is 0 Å². The third-order valence-corrected chi connectivity index (χ3v) is 2.85. The van der Waals surface area contributed by atoms with Gasteiger partial charge in [0.25, 0.3) is 0 Å². The maximum atomic E-state index is 6.02. The molecule has 0 radical (unpaired) electrons. The minimum absolute atomic E-state index is 0.840. The molecule has 3 rings (SSSR count). The van der Waals surface area contributed by atoms with Crippen molar-refractivity contribution in [2.75, 3.05) is 11.1 Å². The van der Waals surface area contributed by atoms with Crippen LogP contribution in [0.1, 0.15) is 5.56 Å². The first kappa shape index (κ1) is 8.36. The van der Waals surface area contributed by atoms with Crippen molar-refractivity contribution in [3.63, 3.8) is 0 Å². The molecule has 0 aromatic heterocycles. The molecule has 0 spiro atoms. The second-order valence-corrected chi connectivity index (χ2v) is 3.78. The van der Waals surface area contributed by atoms with E-state index in [1.165, 1.54) is 11.1 Å². The quantitative estimate of drug-likeness (QED) is 0.636. The molecular weight excluding hydrogens is 184 g/mol. The summed E-state index contributed by atoms with van der Waals surface area (Å²) in [5, 5.41) is 3.38. The van der Waals surface area contributed by atoms with E-state index in [0.717, 1.165) is 23.5 Å². The van der Waals surface area contributed by atoms with Crippen LogP contribution in [0.25, 0.3) is 11.1 Å². The highest BCUT2D eigenvalue weighted by molar-refractivity contribution is 5.90. The zero-order valence-corrected chi connectivity index (χ0v) is 8.33. The summed E-state index contributed by atoms with van der Waals surface area (Å²) in [4.78, 5) is 0. The molecule has 15 heavy (non-hydrogen) atoms. The van der Waals surface area contributed by atoms with Gasteiger partial charge in [0, 0.05) is 23.5 Å². The number of hydrogen-bond donors (Lipinski definition) is 2. The van der Waals surface area contributed by atoms with Crippen LogP contribution in [0.15, 0.2) is 42.5 Å². The predicted molar refractivity (Wildman–Crippen MR) is 63.6 cm³/mol. The minimum atomic E-state index is 0.840. The average Bonchev–Trinajstić information content (AvgIpc) is 2.29. The van der Waals surface area contributed by atoms with Gasteiger partial charge in [-0.3, -0.25) is 0 Å². The van der Waals surface area contributed by atoms with E-state index in [9.17, 15) is 0 Å². The van der Waals surface area contributed by atoms with Crippen molar-refractivity contribution < 1.29 is 0 Å². The number of nitrogen functional groups attached to an aromatic ring is 1. The van der Waals surface area contributed by atoms with E-state index in [2.05, 4.69) is 35.6 Å². The van der Waals surface area contributed by atoms with E-state index in [1.807, 2.05) is 12.1 Å². The molecule has 0 saturated heterocycles. The molecule has 1 heterocycles. The van der Waals surface area contributed by atoms with Gasteiger partial charge in [-0.05, 0) is 23.3 Å². The number of benzene rings is 2. The fraction of sp³-hybridized carbons (Fsp3) is 0.0769. The Hall–Kier alpha value is -1.96. The Morgan fingerprint density at radius 2 is 1.87 bits per heavy atom. The molecule has 2 nitrogen and oxygen atoms in total. The van der Waals surface area contributed by atoms with E-state index < -0.39 is 0 Å². The number of hydrogen-bond acceptors (Lipinski definition) is 2. The summed E-state index contributed by atoms with van der Waals surface area (Å²) in [7, 11) is 0. The van der Waals surface area contributed by atoms with Crippen LogP contribution in [-0.2, 0) is 6.54 Å². The number of anilines is 2. The molecule has 0 amide bonds. The van der Waals surface area contributed by atoms with Crippen LogP contribution in [0.5, 0.6) is 0 Å². The maximum absolute atomic E-state index is 6.02. The van der Waals surface area contributed by atoms with Crippen LogP contribution in [0.4, 0.5) is 11.4 Å². The van der Waals surface area contributed by atoms with Crippen LogP contribution in [0.2, 0.25) is 0 Å². The summed E-state index contributed by atoms with van der Waals surface area (Å²) in [5.41, 5.74) is 11.7. The van der Waals surface area contributed by atoms with Gasteiger partial charge in [0.15, 0.2) is 0 Å². The molecule has 0 saturated carbocycles. The number of nitrogens with two attached hydrogens (primary N) is 1. The Morgan fingerprint density at radius 3 is 2.80 bits per heavy atom. The van der Waals surface area contributed by atoms with Gasteiger partial charge in [-0.1, -0.05) is 30.3 Å². The molecule has 1 aliphatic rings. The predicted octanol–water partition coefficient (Wildman–Crippen LogP) is 2.86. The lowest BCUT2D eigenvalue weighted by molar-refractivity contribution is 1.13. The van der Waals surface area contributed by atoms with Crippen molar-refractivity contribution in [2.45, 2.75) is 6.54 Å². The Balaban J connectivity index is 2.33. The maximum Gasteiger partial charge on any atom is 0.0443 e. The molecule has 0 fully saturated rings. The summed E-state index contributed by atoms with van der Waals surface area (Å²) < 4.78 is 0. The van der Waals surface area contributed by atoms with Gasteiger partial charge in [0.2, 0.25) is 0 Å². The molecule has 1 aliphatic heterocycles. The van der Waals surface area contributed by atoms with E-state index in [-0.39, 0.29) is 0 Å². The fourth-order valence-electron chi connectivity index (χ4n) is 2.13. The normalized spacial score (nSPS) is 12.5. The molecule has 0 unspecified atom stereocenters. The van der Waals surface area contributed by atoms with Gasteiger partial charge in [0.05, 0.1) is 0 Å². The van der Waals surface area contributed by atoms with Gasteiger partial charge in [-0.25, -0.2) is 0 Å². The smallest absolute Gasteiger partial charge is 0.0443 e. The summed E-state index contributed by atoms with van der Waals surface area (Å²) in [6.07, 6.45) is 0. The van der Waals surface area contributed by atoms with Gasteiger partial charge < -0.3 is 11.1 Å². The van der Waals surface area contributed by atoms with Crippen molar-refractivity contribution in [1.82, 2.24) is 0 Å². The molecule has 2 heteroatoms. The van der Waals surface area contributed by atoms with Gasteiger partial charge in [0.1, 0.15) is 0 Å². The highest BCUT2D eigenvalue weighted by atomic mass is 14.9.